The molecule has 0 bridgehead atoms. The molecule has 1 saturated heterocycles. The van der Waals surface area contributed by atoms with Crippen molar-refractivity contribution < 1.29 is 32.5 Å². The Bertz CT molecular complexity index is 827. The van der Waals surface area contributed by atoms with Crippen molar-refractivity contribution in [3.05, 3.63) is 48.3 Å². The molecule has 1 N–H and O–H groups in total. The molecule has 1 atom stereocenters. The van der Waals surface area contributed by atoms with Gasteiger partial charge in [-0.15, -0.1) is 13.2 Å². The van der Waals surface area contributed by atoms with Gasteiger partial charge >= 0.3 is 12.3 Å². The average molecular weight is 410 g/mol. The van der Waals surface area contributed by atoms with Crippen LogP contribution in [0.1, 0.15) is 24.8 Å². The Morgan fingerprint density at radius 2 is 1.97 bits per heavy atom. The summed E-state index contributed by atoms with van der Waals surface area (Å²) in [4.78, 5) is 17.2. The highest BCUT2D eigenvalue weighted by molar-refractivity contribution is 5.67. The van der Waals surface area contributed by atoms with Gasteiger partial charge in [-0.05, 0) is 36.5 Å². The van der Waals surface area contributed by atoms with E-state index in [-0.39, 0.29) is 24.7 Å². The van der Waals surface area contributed by atoms with Crippen LogP contribution in [0.25, 0.3) is 0 Å². The van der Waals surface area contributed by atoms with Crippen molar-refractivity contribution in [2.24, 2.45) is 5.92 Å². The summed E-state index contributed by atoms with van der Waals surface area (Å²) in [6, 6.07) is 7.30. The highest BCUT2D eigenvalue weighted by Crippen LogP contribution is 2.27. The quantitative estimate of drug-likeness (QED) is 0.736. The third-order valence-corrected chi connectivity index (χ3v) is 4.61. The van der Waals surface area contributed by atoms with Gasteiger partial charge in [0, 0.05) is 25.6 Å². The predicted molar refractivity (Wildman–Crippen MR) is 98.9 cm³/mol. The Hall–Kier alpha value is -2.97. The third kappa shape index (κ3) is 6.55. The first-order valence-electron chi connectivity index (χ1n) is 9.18. The maximum Gasteiger partial charge on any atom is 0.573 e. The molecule has 1 aliphatic heterocycles. The van der Waals surface area contributed by atoms with Crippen molar-refractivity contribution in [1.29, 1.82) is 0 Å². The van der Waals surface area contributed by atoms with Crippen LogP contribution >= 0.6 is 0 Å². The number of benzene rings is 1. The van der Waals surface area contributed by atoms with E-state index < -0.39 is 12.3 Å². The van der Waals surface area contributed by atoms with Crippen LogP contribution in [0.15, 0.2) is 42.7 Å². The van der Waals surface area contributed by atoms with E-state index in [0.717, 1.165) is 25.1 Å². The van der Waals surface area contributed by atoms with E-state index in [4.69, 9.17) is 9.84 Å². The summed E-state index contributed by atoms with van der Waals surface area (Å²) in [7, 11) is 0. The Morgan fingerprint density at radius 3 is 2.66 bits per heavy atom. The molecule has 0 amide bonds. The van der Waals surface area contributed by atoms with Crippen molar-refractivity contribution in [2.75, 3.05) is 18.0 Å². The number of rotatable bonds is 7. The molecule has 0 spiro atoms. The van der Waals surface area contributed by atoms with Gasteiger partial charge in [0.15, 0.2) is 0 Å². The van der Waals surface area contributed by atoms with E-state index in [1.165, 1.54) is 24.3 Å². The minimum atomic E-state index is -4.72. The van der Waals surface area contributed by atoms with Gasteiger partial charge in [-0.3, -0.25) is 9.78 Å². The summed E-state index contributed by atoms with van der Waals surface area (Å²) in [5.74, 6) is -0.452. The van der Waals surface area contributed by atoms with Gasteiger partial charge in [0.25, 0.3) is 0 Å². The van der Waals surface area contributed by atoms with Crippen LogP contribution in [-0.2, 0) is 11.4 Å². The van der Waals surface area contributed by atoms with E-state index >= 15 is 0 Å². The van der Waals surface area contributed by atoms with Crippen molar-refractivity contribution in [1.82, 2.24) is 4.98 Å². The van der Waals surface area contributed by atoms with Gasteiger partial charge in [-0.25, -0.2) is 0 Å². The van der Waals surface area contributed by atoms with Crippen LogP contribution in [-0.4, -0.2) is 35.5 Å². The molecule has 1 aliphatic rings. The Labute approximate surface area is 165 Å². The number of aromatic nitrogens is 1. The van der Waals surface area contributed by atoms with Crippen LogP contribution in [0.3, 0.4) is 0 Å². The van der Waals surface area contributed by atoms with E-state index in [1.54, 1.807) is 12.4 Å². The zero-order valence-corrected chi connectivity index (χ0v) is 15.6. The van der Waals surface area contributed by atoms with E-state index in [2.05, 4.69) is 14.6 Å². The second-order valence-electron chi connectivity index (χ2n) is 6.91. The standard InChI is InChI=1S/C20H21F3N2O4/c21-20(22,23)29-17-5-3-14(4-6-17)13-28-18-9-16(10-24-11-18)25-7-1-2-15(12-25)8-19(26)27/h3-6,9-11,15H,1-2,7-8,12-13H2,(H,26,27). The summed E-state index contributed by atoms with van der Waals surface area (Å²) >= 11 is 0. The first-order chi connectivity index (χ1) is 13.8. The zero-order valence-electron chi connectivity index (χ0n) is 15.6. The van der Waals surface area contributed by atoms with E-state index in [9.17, 15) is 18.0 Å². The summed E-state index contributed by atoms with van der Waals surface area (Å²) in [5.41, 5.74) is 1.54. The molecule has 0 saturated carbocycles. The highest BCUT2D eigenvalue weighted by Gasteiger charge is 2.31. The Balaban J connectivity index is 1.58. The molecule has 1 aromatic carbocycles. The van der Waals surface area contributed by atoms with Crippen LogP contribution in [0, 0.1) is 5.92 Å². The highest BCUT2D eigenvalue weighted by atomic mass is 19.4. The summed E-state index contributed by atoms with van der Waals surface area (Å²) in [6.45, 7) is 1.64. The predicted octanol–water partition coefficient (Wildman–Crippen LogP) is 4.25. The van der Waals surface area contributed by atoms with Crippen LogP contribution < -0.4 is 14.4 Å². The van der Waals surface area contributed by atoms with Crippen LogP contribution in [0.4, 0.5) is 18.9 Å². The number of anilines is 1. The molecule has 1 aromatic heterocycles. The molecule has 1 fully saturated rings. The SMILES string of the molecule is O=C(O)CC1CCCN(c2cncc(OCc3ccc(OC(F)(F)F)cc3)c2)C1. The number of carboxylic acids is 1. The summed E-state index contributed by atoms with van der Waals surface area (Å²) in [6.07, 6.45) is 0.495. The van der Waals surface area contributed by atoms with Crippen LogP contribution in [0.2, 0.25) is 0 Å². The number of carbonyl (C=O) groups is 1. The number of pyridine rings is 1. The van der Waals surface area contributed by atoms with E-state index in [1.807, 2.05) is 6.07 Å². The fourth-order valence-corrected chi connectivity index (χ4v) is 3.33. The molecule has 9 heteroatoms. The second kappa shape index (κ2) is 9.02. The van der Waals surface area contributed by atoms with Gasteiger partial charge in [0.2, 0.25) is 0 Å². The van der Waals surface area contributed by atoms with Gasteiger partial charge in [0.1, 0.15) is 18.1 Å². The number of hydrogen-bond acceptors (Lipinski definition) is 5. The van der Waals surface area contributed by atoms with Gasteiger partial charge in [0.05, 0.1) is 18.1 Å². The van der Waals surface area contributed by atoms with Crippen molar-refractivity contribution >= 4 is 11.7 Å². The normalized spacial score (nSPS) is 17.1. The molecule has 0 radical (unpaired) electrons. The fourth-order valence-electron chi connectivity index (χ4n) is 3.33. The number of carboxylic acid groups (broad SMARTS) is 1. The molecule has 6 nitrogen and oxygen atoms in total. The zero-order chi connectivity index (χ0) is 20.9. The number of alkyl halides is 3. The van der Waals surface area contributed by atoms with E-state index in [0.29, 0.717) is 17.9 Å². The summed E-state index contributed by atoms with van der Waals surface area (Å²) < 4.78 is 46.2. The lowest BCUT2D eigenvalue weighted by Crippen LogP contribution is -2.36. The molecule has 29 heavy (non-hydrogen) atoms. The maximum absolute atomic E-state index is 12.2. The minimum absolute atomic E-state index is 0.100. The molecule has 3 rings (SSSR count). The number of hydrogen-bond donors (Lipinski definition) is 1. The minimum Gasteiger partial charge on any atom is -0.487 e. The lowest BCUT2D eigenvalue weighted by Gasteiger charge is -2.33. The van der Waals surface area contributed by atoms with Gasteiger partial charge < -0.3 is 19.5 Å². The number of piperidine rings is 1. The average Bonchev–Trinajstić information content (AvgIpc) is 2.66. The molecular weight excluding hydrogens is 389 g/mol. The monoisotopic (exact) mass is 410 g/mol. The lowest BCUT2D eigenvalue weighted by molar-refractivity contribution is -0.274. The van der Waals surface area contributed by atoms with Crippen molar-refractivity contribution in [2.45, 2.75) is 32.2 Å². The number of nitrogens with zero attached hydrogens (tertiary/aromatic N) is 2. The number of halogens is 3. The molecule has 0 aliphatic carbocycles. The number of ether oxygens (including phenoxy) is 2. The number of aliphatic carboxylic acids is 1. The first kappa shape index (κ1) is 20.8. The maximum atomic E-state index is 12.2. The Kier molecular flexibility index (Phi) is 6.46. The largest absolute Gasteiger partial charge is 0.573 e. The smallest absolute Gasteiger partial charge is 0.487 e. The molecule has 2 heterocycles. The first-order valence-corrected chi connectivity index (χ1v) is 9.18. The molecular formula is C20H21F3N2O4. The van der Waals surface area contributed by atoms with Crippen molar-refractivity contribution in [3.8, 4) is 11.5 Å². The van der Waals surface area contributed by atoms with Gasteiger partial charge in [-0.2, -0.15) is 0 Å². The van der Waals surface area contributed by atoms with Crippen molar-refractivity contribution in [3.63, 3.8) is 0 Å². The fraction of sp³-hybridized carbons (Fsp3) is 0.400. The van der Waals surface area contributed by atoms with Gasteiger partial charge in [-0.1, -0.05) is 12.1 Å². The molecule has 2 aromatic rings. The lowest BCUT2D eigenvalue weighted by atomic mass is 9.94. The topological polar surface area (TPSA) is 71.9 Å². The third-order valence-electron chi connectivity index (χ3n) is 4.61. The molecule has 156 valence electrons. The molecule has 1 unspecified atom stereocenters. The second-order valence-corrected chi connectivity index (χ2v) is 6.91. The van der Waals surface area contributed by atoms with Crippen LogP contribution in [0.5, 0.6) is 11.5 Å². The summed E-state index contributed by atoms with van der Waals surface area (Å²) in [5, 5.41) is 9.00. The Morgan fingerprint density at radius 1 is 1.21 bits per heavy atom.